The minimum atomic E-state index is -0.463. The molecular weight excluding hydrogens is 253 g/mol. The summed E-state index contributed by atoms with van der Waals surface area (Å²) in [6, 6.07) is 11.2. The van der Waals surface area contributed by atoms with Crippen molar-refractivity contribution in [1.82, 2.24) is 0 Å². The number of anilines is 1. The SMILES string of the molecule is Cc1ccc(NC(=O)c2ccccc2Cl)c(F)c1. The van der Waals surface area contributed by atoms with Gasteiger partial charge in [-0.15, -0.1) is 0 Å². The molecule has 0 atom stereocenters. The van der Waals surface area contributed by atoms with E-state index in [1.807, 2.05) is 0 Å². The molecule has 0 fully saturated rings. The minimum absolute atomic E-state index is 0.144. The number of carbonyl (C=O) groups is 1. The minimum Gasteiger partial charge on any atom is -0.319 e. The maximum absolute atomic E-state index is 13.6. The third-order valence-electron chi connectivity index (χ3n) is 2.49. The molecule has 0 aliphatic rings. The zero-order valence-electron chi connectivity index (χ0n) is 9.71. The number of rotatable bonds is 2. The first-order valence-corrected chi connectivity index (χ1v) is 5.78. The lowest BCUT2D eigenvalue weighted by atomic mass is 10.2. The van der Waals surface area contributed by atoms with Gasteiger partial charge in [-0.05, 0) is 36.8 Å². The second-order valence-electron chi connectivity index (χ2n) is 3.92. The second-order valence-corrected chi connectivity index (χ2v) is 4.32. The Morgan fingerprint density at radius 1 is 1.22 bits per heavy atom. The standard InChI is InChI=1S/C14H11ClFNO/c1-9-6-7-13(12(16)8-9)17-14(18)10-4-2-3-5-11(10)15/h2-8H,1H3,(H,17,18). The van der Waals surface area contributed by atoms with Crippen molar-refractivity contribution in [3.05, 3.63) is 64.4 Å². The van der Waals surface area contributed by atoms with Crippen LogP contribution in [-0.2, 0) is 0 Å². The van der Waals surface area contributed by atoms with Gasteiger partial charge in [-0.2, -0.15) is 0 Å². The highest BCUT2D eigenvalue weighted by Crippen LogP contribution is 2.19. The van der Waals surface area contributed by atoms with E-state index in [9.17, 15) is 9.18 Å². The molecule has 92 valence electrons. The Morgan fingerprint density at radius 2 is 1.94 bits per heavy atom. The van der Waals surface area contributed by atoms with Gasteiger partial charge in [0.25, 0.3) is 5.91 Å². The Bertz CT molecular complexity index is 598. The first-order valence-electron chi connectivity index (χ1n) is 5.40. The molecule has 2 rings (SSSR count). The fraction of sp³-hybridized carbons (Fsp3) is 0.0714. The fourth-order valence-corrected chi connectivity index (χ4v) is 1.78. The van der Waals surface area contributed by atoms with Gasteiger partial charge in [0.05, 0.1) is 16.3 Å². The number of halogens is 2. The highest BCUT2D eigenvalue weighted by molar-refractivity contribution is 6.34. The van der Waals surface area contributed by atoms with Crippen molar-refractivity contribution >= 4 is 23.2 Å². The molecule has 0 radical (unpaired) electrons. The van der Waals surface area contributed by atoms with E-state index in [1.54, 1.807) is 37.3 Å². The molecule has 0 aromatic heterocycles. The summed E-state index contributed by atoms with van der Waals surface area (Å²) in [7, 11) is 0. The molecule has 0 unspecified atom stereocenters. The van der Waals surface area contributed by atoms with Crippen LogP contribution in [-0.4, -0.2) is 5.91 Å². The van der Waals surface area contributed by atoms with Crippen molar-refractivity contribution in [2.75, 3.05) is 5.32 Å². The molecule has 4 heteroatoms. The summed E-state index contributed by atoms with van der Waals surface area (Å²) < 4.78 is 13.6. The van der Waals surface area contributed by atoms with Crippen LogP contribution in [0.1, 0.15) is 15.9 Å². The maximum Gasteiger partial charge on any atom is 0.257 e. The average Bonchev–Trinajstić information content (AvgIpc) is 2.33. The van der Waals surface area contributed by atoms with Crippen LogP contribution in [0.3, 0.4) is 0 Å². The molecule has 0 heterocycles. The first kappa shape index (κ1) is 12.6. The van der Waals surface area contributed by atoms with Crippen LogP contribution in [0, 0.1) is 12.7 Å². The lowest BCUT2D eigenvalue weighted by molar-refractivity contribution is 0.102. The summed E-state index contributed by atoms with van der Waals surface area (Å²) in [5.41, 5.74) is 1.26. The van der Waals surface area contributed by atoms with Crippen molar-refractivity contribution in [2.45, 2.75) is 6.92 Å². The van der Waals surface area contributed by atoms with Gasteiger partial charge in [0.1, 0.15) is 5.82 Å². The largest absolute Gasteiger partial charge is 0.319 e. The smallest absolute Gasteiger partial charge is 0.257 e. The van der Waals surface area contributed by atoms with Gasteiger partial charge in [0.15, 0.2) is 0 Å². The lowest BCUT2D eigenvalue weighted by Crippen LogP contribution is -2.13. The van der Waals surface area contributed by atoms with E-state index in [4.69, 9.17) is 11.6 Å². The Balaban J connectivity index is 2.24. The van der Waals surface area contributed by atoms with Crippen LogP contribution >= 0.6 is 11.6 Å². The summed E-state index contributed by atoms with van der Waals surface area (Å²) in [5.74, 6) is -0.890. The first-order chi connectivity index (χ1) is 8.58. The van der Waals surface area contributed by atoms with E-state index in [0.717, 1.165) is 5.56 Å². The van der Waals surface area contributed by atoms with Crippen LogP contribution in [0.15, 0.2) is 42.5 Å². The number of hydrogen-bond acceptors (Lipinski definition) is 1. The van der Waals surface area contributed by atoms with Gasteiger partial charge in [-0.1, -0.05) is 29.8 Å². The maximum atomic E-state index is 13.6. The van der Waals surface area contributed by atoms with Gasteiger partial charge in [-0.3, -0.25) is 4.79 Å². The number of carbonyl (C=O) groups excluding carboxylic acids is 1. The Kier molecular flexibility index (Phi) is 3.63. The number of benzene rings is 2. The molecule has 18 heavy (non-hydrogen) atoms. The van der Waals surface area contributed by atoms with Crippen LogP contribution in [0.2, 0.25) is 5.02 Å². The van der Waals surface area contributed by atoms with Crippen molar-refractivity contribution < 1.29 is 9.18 Å². The molecule has 2 aromatic carbocycles. The summed E-state index contributed by atoms with van der Waals surface area (Å²) in [6.07, 6.45) is 0. The third-order valence-corrected chi connectivity index (χ3v) is 2.82. The number of nitrogens with one attached hydrogen (secondary N) is 1. The molecule has 0 aliphatic heterocycles. The van der Waals surface area contributed by atoms with E-state index in [-0.39, 0.29) is 5.69 Å². The van der Waals surface area contributed by atoms with Crippen LogP contribution in [0.5, 0.6) is 0 Å². The van der Waals surface area contributed by atoms with E-state index in [1.165, 1.54) is 12.1 Å². The van der Waals surface area contributed by atoms with Gasteiger partial charge in [-0.25, -0.2) is 4.39 Å². The highest BCUT2D eigenvalue weighted by Gasteiger charge is 2.11. The van der Waals surface area contributed by atoms with Crippen LogP contribution in [0.4, 0.5) is 10.1 Å². The molecule has 2 nitrogen and oxygen atoms in total. The molecule has 0 saturated carbocycles. The zero-order chi connectivity index (χ0) is 13.1. The predicted molar refractivity (Wildman–Crippen MR) is 70.5 cm³/mol. The summed E-state index contributed by atoms with van der Waals surface area (Å²) >= 11 is 5.90. The Labute approximate surface area is 109 Å². The van der Waals surface area contributed by atoms with Gasteiger partial charge in [0.2, 0.25) is 0 Å². The predicted octanol–water partition coefficient (Wildman–Crippen LogP) is 4.04. The number of aryl methyl sites for hydroxylation is 1. The van der Waals surface area contributed by atoms with Gasteiger partial charge >= 0.3 is 0 Å². The molecule has 1 amide bonds. The van der Waals surface area contributed by atoms with Crippen LogP contribution < -0.4 is 5.32 Å². The monoisotopic (exact) mass is 263 g/mol. The Hall–Kier alpha value is -1.87. The van der Waals surface area contributed by atoms with Crippen molar-refractivity contribution in [1.29, 1.82) is 0 Å². The normalized spacial score (nSPS) is 10.2. The molecule has 0 saturated heterocycles. The zero-order valence-corrected chi connectivity index (χ0v) is 10.5. The fourth-order valence-electron chi connectivity index (χ4n) is 1.56. The van der Waals surface area contributed by atoms with Crippen LogP contribution in [0.25, 0.3) is 0 Å². The topological polar surface area (TPSA) is 29.1 Å². The van der Waals surface area contributed by atoms with E-state index >= 15 is 0 Å². The average molecular weight is 264 g/mol. The lowest BCUT2D eigenvalue weighted by Gasteiger charge is -2.08. The summed E-state index contributed by atoms with van der Waals surface area (Å²) in [5, 5.41) is 2.83. The second kappa shape index (κ2) is 5.19. The van der Waals surface area contributed by atoms with E-state index in [2.05, 4.69) is 5.32 Å². The molecule has 1 N–H and O–H groups in total. The quantitative estimate of drug-likeness (QED) is 0.870. The van der Waals surface area contributed by atoms with Crippen molar-refractivity contribution in [3.63, 3.8) is 0 Å². The highest BCUT2D eigenvalue weighted by atomic mass is 35.5. The van der Waals surface area contributed by atoms with Crippen molar-refractivity contribution in [2.24, 2.45) is 0 Å². The summed E-state index contributed by atoms with van der Waals surface area (Å²) in [6.45, 7) is 1.78. The third kappa shape index (κ3) is 2.68. The Morgan fingerprint density at radius 3 is 2.61 bits per heavy atom. The molecule has 0 bridgehead atoms. The summed E-state index contributed by atoms with van der Waals surface area (Å²) in [4.78, 5) is 11.9. The molecule has 0 aliphatic carbocycles. The molecule has 2 aromatic rings. The van der Waals surface area contributed by atoms with Gasteiger partial charge < -0.3 is 5.32 Å². The number of hydrogen-bond donors (Lipinski definition) is 1. The van der Waals surface area contributed by atoms with Gasteiger partial charge in [0, 0.05) is 0 Å². The van der Waals surface area contributed by atoms with E-state index < -0.39 is 11.7 Å². The molecule has 0 spiro atoms. The molecular formula is C14H11ClFNO. The number of amides is 1. The van der Waals surface area contributed by atoms with Crippen molar-refractivity contribution in [3.8, 4) is 0 Å². The van der Waals surface area contributed by atoms with E-state index in [0.29, 0.717) is 10.6 Å².